The van der Waals surface area contributed by atoms with Gasteiger partial charge in [-0.3, -0.25) is 4.99 Å². The number of nitrogens with one attached hydrogen (secondary N) is 1. The SMILES string of the molecule is C=CNCCC(CCCC)/C(C)=C/N=C(C)c1cc(C(C)(C)C)cc(C(C)(C)C)c1. The summed E-state index contributed by atoms with van der Waals surface area (Å²) in [6.45, 7) is 25.0. The van der Waals surface area contributed by atoms with Crippen molar-refractivity contribution in [3.63, 3.8) is 0 Å². The van der Waals surface area contributed by atoms with E-state index < -0.39 is 0 Å². The molecule has 0 radical (unpaired) electrons. The van der Waals surface area contributed by atoms with Gasteiger partial charge in [0.1, 0.15) is 0 Å². The molecule has 1 N–H and O–H groups in total. The first kappa shape index (κ1) is 26.2. The molecule has 1 atom stereocenters. The van der Waals surface area contributed by atoms with Gasteiger partial charge >= 0.3 is 0 Å². The van der Waals surface area contributed by atoms with Crippen LogP contribution in [-0.4, -0.2) is 12.3 Å². The molecule has 0 aliphatic heterocycles. The second kappa shape index (κ2) is 11.5. The molecule has 0 bridgehead atoms. The summed E-state index contributed by atoms with van der Waals surface area (Å²) in [5.41, 5.74) is 6.67. The Hall–Kier alpha value is -1.83. The van der Waals surface area contributed by atoms with E-state index in [1.54, 1.807) is 6.20 Å². The lowest BCUT2D eigenvalue weighted by Crippen LogP contribution is -2.17. The predicted molar refractivity (Wildman–Crippen MR) is 136 cm³/mol. The Bertz CT molecular complexity index is 707. The standard InChI is InChI=1S/C28H46N2/c1-11-13-14-23(15-16-29-12-2)21(3)20-30-22(4)24-17-25(27(5,6)7)19-26(18-24)28(8,9)10/h12,17-20,23,29H,2,11,13-16H2,1,3-10H3/b21-20+,30-22?. The van der Waals surface area contributed by atoms with Crippen molar-refractivity contribution in [2.75, 3.05) is 6.54 Å². The van der Waals surface area contributed by atoms with E-state index >= 15 is 0 Å². The summed E-state index contributed by atoms with van der Waals surface area (Å²) >= 11 is 0. The molecule has 0 aliphatic carbocycles. The van der Waals surface area contributed by atoms with Gasteiger partial charge in [0, 0.05) is 18.5 Å². The first-order chi connectivity index (χ1) is 13.9. The van der Waals surface area contributed by atoms with Gasteiger partial charge in [-0.15, -0.1) is 0 Å². The van der Waals surface area contributed by atoms with E-state index in [9.17, 15) is 0 Å². The van der Waals surface area contributed by atoms with Gasteiger partial charge in [0.15, 0.2) is 0 Å². The molecule has 0 aliphatic rings. The molecule has 1 aromatic carbocycles. The number of hydrogen-bond acceptors (Lipinski definition) is 2. The van der Waals surface area contributed by atoms with Gasteiger partial charge in [0.2, 0.25) is 0 Å². The first-order valence-corrected chi connectivity index (χ1v) is 11.6. The van der Waals surface area contributed by atoms with Crippen LogP contribution in [0.15, 0.2) is 47.7 Å². The number of benzene rings is 1. The molecular formula is C28H46N2. The van der Waals surface area contributed by atoms with Crippen molar-refractivity contribution >= 4 is 5.71 Å². The molecule has 30 heavy (non-hydrogen) atoms. The van der Waals surface area contributed by atoms with Crippen molar-refractivity contribution in [1.82, 2.24) is 5.32 Å². The van der Waals surface area contributed by atoms with E-state index in [0.29, 0.717) is 5.92 Å². The van der Waals surface area contributed by atoms with E-state index in [2.05, 4.69) is 98.6 Å². The lowest BCUT2D eigenvalue weighted by atomic mass is 9.79. The number of aliphatic imine (C=N–C) groups is 1. The molecule has 1 aromatic rings. The third-order valence-corrected chi connectivity index (χ3v) is 5.88. The Morgan fingerprint density at radius 1 is 1.00 bits per heavy atom. The van der Waals surface area contributed by atoms with Crippen molar-refractivity contribution in [1.29, 1.82) is 0 Å². The highest BCUT2D eigenvalue weighted by Gasteiger charge is 2.21. The topological polar surface area (TPSA) is 24.4 Å². The molecule has 2 nitrogen and oxygen atoms in total. The molecule has 0 saturated heterocycles. The van der Waals surface area contributed by atoms with E-state index in [0.717, 1.165) is 18.7 Å². The van der Waals surface area contributed by atoms with Crippen LogP contribution in [0.25, 0.3) is 0 Å². The van der Waals surface area contributed by atoms with Gasteiger partial charge in [-0.25, -0.2) is 0 Å². The summed E-state index contributed by atoms with van der Waals surface area (Å²) in [5, 5.41) is 3.24. The van der Waals surface area contributed by atoms with Gasteiger partial charge in [0.25, 0.3) is 0 Å². The van der Waals surface area contributed by atoms with Gasteiger partial charge in [0.05, 0.1) is 0 Å². The van der Waals surface area contributed by atoms with Crippen LogP contribution in [0.4, 0.5) is 0 Å². The van der Waals surface area contributed by atoms with Crippen LogP contribution >= 0.6 is 0 Å². The fourth-order valence-electron chi connectivity index (χ4n) is 3.49. The summed E-state index contributed by atoms with van der Waals surface area (Å²) in [6, 6.07) is 7.00. The lowest BCUT2D eigenvalue weighted by Gasteiger charge is -2.26. The highest BCUT2D eigenvalue weighted by Crippen LogP contribution is 2.30. The maximum atomic E-state index is 4.91. The zero-order valence-electron chi connectivity index (χ0n) is 21.2. The Balaban J connectivity index is 3.22. The monoisotopic (exact) mass is 410 g/mol. The molecule has 0 saturated carbocycles. The second-order valence-electron chi connectivity index (χ2n) is 10.7. The minimum absolute atomic E-state index is 0.117. The summed E-state index contributed by atoms with van der Waals surface area (Å²) in [7, 11) is 0. The molecular weight excluding hydrogens is 364 g/mol. The molecule has 0 amide bonds. The molecule has 0 aromatic heterocycles. The summed E-state index contributed by atoms with van der Waals surface area (Å²) in [4.78, 5) is 4.91. The summed E-state index contributed by atoms with van der Waals surface area (Å²) in [6.07, 6.45) is 8.72. The number of rotatable bonds is 10. The zero-order chi connectivity index (χ0) is 22.9. The molecule has 1 unspecified atom stereocenters. The largest absolute Gasteiger partial charge is 0.391 e. The molecule has 168 valence electrons. The molecule has 0 spiro atoms. The van der Waals surface area contributed by atoms with Crippen molar-refractivity contribution in [3.05, 3.63) is 59.4 Å². The smallest absolute Gasteiger partial charge is 0.0445 e. The third kappa shape index (κ3) is 8.50. The van der Waals surface area contributed by atoms with Crippen molar-refractivity contribution in [2.24, 2.45) is 10.9 Å². The number of nitrogens with zero attached hydrogens (tertiary/aromatic N) is 1. The van der Waals surface area contributed by atoms with E-state index in [-0.39, 0.29) is 10.8 Å². The Labute approximate surface area is 187 Å². The summed E-state index contributed by atoms with van der Waals surface area (Å²) in [5.74, 6) is 0.569. The molecule has 0 heterocycles. The highest BCUT2D eigenvalue weighted by atomic mass is 14.8. The van der Waals surface area contributed by atoms with Gasteiger partial charge in [-0.1, -0.05) is 79.5 Å². The van der Waals surface area contributed by atoms with Crippen LogP contribution in [0.2, 0.25) is 0 Å². The lowest BCUT2D eigenvalue weighted by molar-refractivity contribution is 0.487. The molecule has 0 fully saturated rings. The maximum absolute atomic E-state index is 4.91. The van der Waals surface area contributed by atoms with Gasteiger partial charge < -0.3 is 5.32 Å². The maximum Gasteiger partial charge on any atom is 0.0445 e. The average molecular weight is 411 g/mol. The average Bonchev–Trinajstić information content (AvgIpc) is 2.66. The Morgan fingerprint density at radius 2 is 1.57 bits per heavy atom. The summed E-state index contributed by atoms with van der Waals surface area (Å²) < 4.78 is 0. The molecule has 1 rings (SSSR count). The van der Waals surface area contributed by atoms with Gasteiger partial charge in [-0.05, 0) is 78.5 Å². The number of hydrogen-bond donors (Lipinski definition) is 1. The fourth-order valence-corrected chi connectivity index (χ4v) is 3.49. The first-order valence-electron chi connectivity index (χ1n) is 11.6. The number of allylic oxidation sites excluding steroid dienone is 1. The van der Waals surface area contributed by atoms with Crippen LogP contribution in [-0.2, 0) is 10.8 Å². The van der Waals surface area contributed by atoms with Crippen LogP contribution in [0, 0.1) is 5.92 Å². The van der Waals surface area contributed by atoms with Gasteiger partial charge in [-0.2, -0.15) is 0 Å². The van der Waals surface area contributed by atoms with Crippen molar-refractivity contribution in [3.8, 4) is 0 Å². The van der Waals surface area contributed by atoms with Crippen molar-refractivity contribution < 1.29 is 0 Å². The minimum Gasteiger partial charge on any atom is -0.391 e. The third-order valence-electron chi connectivity index (χ3n) is 5.88. The predicted octanol–water partition coefficient (Wildman–Crippen LogP) is 7.92. The second-order valence-corrected chi connectivity index (χ2v) is 10.7. The van der Waals surface area contributed by atoms with Crippen LogP contribution < -0.4 is 5.32 Å². The fraction of sp³-hybridized carbons (Fsp3) is 0.607. The highest BCUT2D eigenvalue weighted by molar-refractivity contribution is 5.99. The van der Waals surface area contributed by atoms with Crippen LogP contribution in [0.3, 0.4) is 0 Å². The quantitative estimate of drug-likeness (QED) is 0.307. The number of unbranched alkanes of at least 4 members (excludes halogenated alkanes) is 1. The van der Waals surface area contributed by atoms with Crippen molar-refractivity contribution in [2.45, 2.75) is 98.8 Å². The Kier molecular flexibility index (Phi) is 10.1. The van der Waals surface area contributed by atoms with Crippen LogP contribution in [0.1, 0.15) is 105 Å². The minimum atomic E-state index is 0.117. The van der Waals surface area contributed by atoms with E-state index in [1.807, 2.05) is 0 Å². The van der Waals surface area contributed by atoms with E-state index in [4.69, 9.17) is 4.99 Å². The molecule has 2 heteroatoms. The Morgan fingerprint density at radius 3 is 2.03 bits per heavy atom. The van der Waals surface area contributed by atoms with Crippen LogP contribution in [0.5, 0.6) is 0 Å². The van der Waals surface area contributed by atoms with E-state index in [1.165, 1.54) is 41.5 Å². The zero-order valence-corrected chi connectivity index (χ0v) is 21.2. The normalized spacial score (nSPS) is 14.6.